The third-order valence-electron chi connectivity index (χ3n) is 2.52. The van der Waals surface area contributed by atoms with Gasteiger partial charge >= 0.3 is 0 Å². The molecule has 1 aliphatic rings. The summed E-state index contributed by atoms with van der Waals surface area (Å²) in [6.45, 7) is 0.809. The van der Waals surface area contributed by atoms with Crippen LogP contribution in [-0.2, 0) is 4.79 Å². The maximum absolute atomic E-state index is 11.9. The topological polar surface area (TPSA) is 20.3 Å². The molecule has 1 heterocycles. The molecule has 2 nitrogen and oxygen atoms in total. The monoisotopic (exact) mass is 331 g/mol. The predicted octanol–water partition coefficient (Wildman–Crippen LogP) is 3.34. The zero-order valence-corrected chi connectivity index (χ0v) is 11.3. The van der Waals surface area contributed by atoms with Gasteiger partial charge < -0.3 is 4.90 Å². The first-order chi connectivity index (χ1) is 7.20. The minimum absolute atomic E-state index is 0.0293. The van der Waals surface area contributed by atoms with Gasteiger partial charge in [-0.3, -0.25) is 4.79 Å². The Morgan fingerprint density at radius 1 is 1.33 bits per heavy atom. The van der Waals surface area contributed by atoms with E-state index in [1.54, 1.807) is 0 Å². The predicted molar refractivity (Wildman–Crippen MR) is 68.4 cm³/mol. The van der Waals surface area contributed by atoms with Crippen LogP contribution in [0, 0.1) is 0 Å². The van der Waals surface area contributed by atoms with E-state index in [4.69, 9.17) is 0 Å². The molecule has 0 N–H and O–H groups in total. The van der Waals surface area contributed by atoms with Crippen LogP contribution in [0.3, 0.4) is 0 Å². The third-order valence-corrected chi connectivity index (χ3v) is 4.04. The Morgan fingerprint density at radius 3 is 2.80 bits per heavy atom. The average Bonchev–Trinajstić information content (AvgIpc) is 2.23. The largest absolute Gasteiger partial charge is 0.310 e. The second-order valence-electron chi connectivity index (χ2n) is 3.55. The molecule has 1 amide bonds. The van der Waals surface area contributed by atoms with Gasteiger partial charge in [-0.1, -0.05) is 28.1 Å². The van der Waals surface area contributed by atoms with Crippen LogP contribution in [0.15, 0.2) is 28.7 Å². The lowest BCUT2D eigenvalue weighted by Crippen LogP contribution is -2.41. The number of piperidine rings is 1. The number of hydrogen-bond donors (Lipinski definition) is 0. The number of benzene rings is 1. The van der Waals surface area contributed by atoms with E-state index in [2.05, 4.69) is 31.9 Å². The van der Waals surface area contributed by atoms with Gasteiger partial charge in [-0.25, -0.2) is 0 Å². The van der Waals surface area contributed by atoms with E-state index >= 15 is 0 Å². The highest BCUT2D eigenvalue weighted by molar-refractivity contribution is 9.10. The standard InChI is InChI=1S/C11H11Br2NO/c12-8-4-1-2-6-10(8)14-7-3-5-9(13)11(14)15/h1-2,4,6,9H,3,5,7H2. The fourth-order valence-electron chi connectivity index (χ4n) is 1.74. The minimum Gasteiger partial charge on any atom is -0.310 e. The molecule has 1 unspecified atom stereocenters. The van der Waals surface area contributed by atoms with Crippen molar-refractivity contribution in [3.05, 3.63) is 28.7 Å². The van der Waals surface area contributed by atoms with Crippen molar-refractivity contribution in [1.82, 2.24) is 0 Å². The number of hydrogen-bond acceptors (Lipinski definition) is 1. The number of nitrogens with zero attached hydrogens (tertiary/aromatic N) is 1. The molecule has 1 aromatic carbocycles. The molecule has 0 bridgehead atoms. The summed E-state index contributed by atoms with van der Waals surface area (Å²) in [6.07, 6.45) is 1.97. The van der Waals surface area contributed by atoms with Crippen LogP contribution in [0.5, 0.6) is 0 Å². The quantitative estimate of drug-likeness (QED) is 0.722. The van der Waals surface area contributed by atoms with Crippen LogP contribution in [0.4, 0.5) is 5.69 Å². The van der Waals surface area contributed by atoms with Crippen molar-refractivity contribution < 1.29 is 4.79 Å². The van der Waals surface area contributed by atoms with Gasteiger partial charge in [0, 0.05) is 11.0 Å². The molecule has 4 heteroatoms. The van der Waals surface area contributed by atoms with Gasteiger partial charge in [0.15, 0.2) is 0 Å². The minimum atomic E-state index is -0.0293. The number of amides is 1. The molecule has 1 saturated heterocycles. The SMILES string of the molecule is O=C1C(Br)CCCN1c1ccccc1Br. The van der Waals surface area contributed by atoms with Crippen LogP contribution in [0.2, 0.25) is 0 Å². The summed E-state index contributed by atoms with van der Waals surface area (Å²) in [5.74, 6) is 0.160. The summed E-state index contributed by atoms with van der Waals surface area (Å²) < 4.78 is 0.972. The van der Waals surface area contributed by atoms with Gasteiger partial charge in [-0.2, -0.15) is 0 Å². The van der Waals surface area contributed by atoms with Crippen molar-refractivity contribution in [2.75, 3.05) is 11.4 Å². The molecule has 1 aromatic rings. The lowest BCUT2D eigenvalue weighted by molar-refractivity contribution is -0.118. The van der Waals surface area contributed by atoms with E-state index in [0.717, 1.165) is 29.5 Å². The molecule has 0 aliphatic carbocycles. The molecule has 2 rings (SSSR count). The summed E-state index contributed by atoms with van der Waals surface area (Å²) in [5, 5.41) is 0. The fourth-order valence-corrected chi connectivity index (χ4v) is 2.81. The lowest BCUT2D eigenvalue weighted by Gasteiger charge is -2.30. The third kappa shape index (κ3) is 2.26. The molecular formula is C11H11Br2NO. The maximum Gasteiger partial charge on any atom is 0.240 e. The van der Waals surface area contributed by atoms with E-state index in [9.17, 15) is 4.79 Å². The number of anilines is 1. The summed E-state index contributed by atoms with van der Waals surface area (Å²) in [7, 11) is 0. The van der Waals surface area contributed by atoms with Crippen molar-refractivity contribution in [3.8, 4) is 0 Å². The first-order valence-electron chi connectivity index (χ1n) is 4.90. The van der Waals surface area contributed by atoms with Crippen LogP contribution in [-0.4, -0.2) is 17.3 Å². The molecule has 0 saturated carbocycles. The van der Waals surface area contributed by atoms with E-state index in [0.29, 0.717) is 0 Å². The van der Waals surface area contributed by atoms with Gasteiger partial charge in [-0.05, 0) is 40.9 Å². The van der Waals surface area contributed by atoms with Crippen molar-refractivity contribution in [2.45, 2.75) is 17.7 Å². The highest BCUT2D eigenvalue weighted by Gasteiger charge is 2.28. The van der Waals surface area contributed by atoms with Gasteiger partial charge in [0.2, 0.25) is 5.91 Å². The molecule has 0 spiro atoms. The molecular weight excluding hydrogens is 322 g/mol. The zero-order chi connectivity index (χ0) is 10.8. The van der Waals surface area contributed by atoms with E-state index in [-0.39, 0.29) is 10.7 Å². The smallest absolute Gasteiger partial charge is 0.240 e. The second-order valence-corrected chi connectivity index (χ2v) is 5.51. The van der Waals surface area contributed by atoms with Crippen molar-refractivity contribution in [1.29, 1.82) is 0 Å². The second kappa shape index (κ2) is 4.66. The average molecular weight is 333 g/mol. The molecule has 0 radical (unpaired) electrons. The van der Waals surface area contributed by atoms with Gasteiger partial charge in [-0.15, -0.1) is 0 Å². The number of alkyl halides is 1. The van der Waals surface area contributed by atoms with Gasteiger partial charge in [0.1, 0.15) is 0 Å². The van der Waals surface area contributed by atoms with Crippen LogP contribution in [0.1, 0.15) is 12.8 Å². The number of carbonyl (C=O) groups excluding carboxylic acids is 1. The summed E-state index contributed by atoms with van der Waals surface area (Å²) in [6, 6.07) is 7.83. The fraction of sp³-hybridized carbons (Fsp3) is 0.364. The van der Waals surface area contributed by atoms with Crippen molar-refractivity contribution >= 4 is 43.5 Å². The Kier molecular flexibility index (Phi) is 3.46. The number of carbonyl (C=O) groups is 1. The highest BCUT2D eigenvalue weighted by atomic mass is 79.9. The summed E-state index contributed by atoms with van der Waals surface area (Å²) in [5.41, 5.74) is 0.964. The number of rotatable bonds is 1. The van der Waals surface area contributed by atoms with Crippen LogP contribution in [0.25, 0.3) is 0 Å². The van der Waals surface area contributed by atoms with Crippen LogP contribution >= 0.6 is 31.9 Å². The Labute approximate surface area is 106 Å². The molecule has 15 heavy (non-hydrogen) atoms. The molecule has 1 aliphatic heterocycles. The molecule has 80 valence electrons. The van der Waals surface area contributed by atoms with E-state index in [1.807, 2.05) is 29.2 Å². The highest BCUT2D eigenvalue weighted by Crippen LogP contribution is 2.30. The Bertz CT molecular complexity index is 381. The number of para-hydroxylation sites is 1. The van der Waals surface area contributed by atoms with Crippen molar-refractivity contribution in [3.63, 3.8) is 0 Å². The maximum atomic E-state index is 11.9. The lowest BCUT2D eigenvalue weighted by atomic mass is 10.1. The first-order valence-corrected chi connectivity index (χ1v) is 6.61. The Hall–Kier alpha value is -0.350. The van der Waals surface area contributed by atoms with Crippen molar-refractivity contribution in [2.24, 2.45) is 0 Å². The normalized spacial score (nSPS) is 21.9. The molecule has 1 atom stereocenters. The van der Waals surface area contributed by atoms with E-state index < -0.39 is 0 Å². The molecule has 1 fully saturated rings. The van der Waals surface area contributed by atoms with Gasteiger partial charge in [0.05, 0.1) is 10.5 Å². The van der Waals surface area contributed by atoms with E-state index in [1.165, 1.54) is 0 Å². The summed E-state index contributed by atoms with van der Waals surface area (Å²) in [4.78, 5) is 13.7. The van der Waals surface area contributed by atoms with Gasteiger partial charge in [0.25, 0.3) is 0 Å². The first kappa shape index (κ1) is 11.1. The summed E-state index contributed by atoms with van der Waals surface area (Å²) >= 11 is 6.88. The molecule has 0 aromatic heterocycles. The zero-order valence-electron chi connectivity index (χ0n) is 8.12. The number of halogens is 2. The van der Waals surface area contributed by atoms with Crippen LogP contribution < -0.4 is 4.90 Å². The Morgan fingerprint density at radius 2 is 2.07 bits per heavy atom. The Balaban J connectivity index is 2.30.